The Bertz CT molecular complexity index is 508. The second kappa shape index (κ2) is 4.07. The zero-order valence-corrected chi connectivity index (χ0v) is 10.1. The zero-order valence-electron chi connectivity index (χ0n) is 8.46. The third-order valence-electron chi connectivity index (χ3n) is 2.39. The molecule has 0 aliphatic heterocycles. The molecule has 3 nitrogen and oxygen atoms in total. The molecule has 0 unspecified atom stereocenters. The summed E-state index contributed by atoms with van der Waals surface area (Å²) in [6.07, 6.45) is 2.46. The van der Waals surface area contributed by atoms with E-state index in [1.165, 1.54) is 24.4 Å². The van der Waals surface area contributed by atoms with Gasteiger partial charge in [-0.1, -0.05) is 17.8 Å². The Morgan fingerprint density at radius 2 is 2.25 bits per heavy atom. The number of aromatic nitrogens is 2. The largest absolute Gasteiger partial charge is 0.508 e. The van der Waals surface area contributed by atoms with Gasteiger partial charge in [-0.05, 0) is 42.6 Å². The molecule has 0 radical (unpaired) electrons. The van der Waals surface area contributed by atoms with Crippen LogP contribution >= 0.6 is 23.3 Å². The van der Waals surface area contributed by atoms with Gasteiger partial charge in [-0.25, -0.2) is 4.98 Å². The highest BCUT2D eigenvalue weighted by molar-refractivity contribution is 8.01. The van der Waals surface area contributed by atoms with E-state index in [4.69, 9.17) is 0 Å². The van der Waals surface area contributed by atoms with Gasteiger partial charge in [0.1, 0.15) is 11.6 Å². The van der Waals surface area contributed by atoms with Gasteiger partial charge in [0.15, 0.2) is 4.34 Å². The second-order valence-corrected chi connectivity index (χ2v) is 5.86. The van der Waals surface area contributed by atoms with Crippen molar-refractivity contribution in [2.75, 3.05) is 0 Å². The number of aromatic hydroxyl groups is 1. The summed E-state index contributed by atoms with van der Waals surface area (Å²) in [6.45, 7) is 0. The number of hydrogen-bond acceptors (Lipinski definition) is 5. The van der Waals surface area contributed by atoms with E-state index in [0.29, 0.717) is 5.92 Å². The highest BCUT2D eigenvalue weighted by Gasteiger charge is 2.27. The maximum atomic E-state index is 9.35. The minimum absolute atomic E-state index is 0.289. The Balaban J connectivity index is 1.77. The van der Waals surface area contributed by atoms with Crippen LogP contribution in [-0.4, -0.2) is 14.5 Å². The summed E-state index contributed by atoms with van der Waals surface area (Å²) in [5, 5.41) is 9.35. The van der Waals surface area contributed by atoms with Crippen molar-refractivity contribution >= 4 is 23.3 Å². The van der Waals surface area contributed by atoms with Gasteiger partial charge >= 0.3 is 0 Å². The lowest BCUT2D eigenvalue weighted by atomic mass is 10.3. The lowest BCUT2D eigenvalue weighted by Gasteiger charge is -1.97. The third-order valence-corrected chi connectivity index (χ3v) is 4.14. The molecule has 0 bridgehead atoms. The Hall–Kier alpha value is -1.07. The second-order valence-electron chi connectivity index (χ2n) is 3.79. The fourth-order valence-electron chi connectivity index (χ4n) is 1.42. The molecule has 1 aliphatic rings. The van der Waals surface area contributed by atoms with Crippen LogP contribution in [0, 0.1) is 0 Å². The van der Waals surface area contributed by atoms with Crippen molar-refractivity contribution in [2.45, 2.75) is 28.0 Å². The van der Waals surface area contributed by atoms with Crippen LogP contribution in [0.4, 0.5) is 0 Å². The molecule has 16 heavy (non-hydrogen) atoms. The molecule has 0 spiro atoms. The fourth-order valence-corrected chi connectivity index (χ4v) is 3.13. The first-order valence-electron chi connectivity index (χ1n) is 5.12. The first-order chi connectivity index (χ1) is 7.81. The Morgan fingerprint density at radius 3 is 3.00 bits per heavy atom. The van der Waals surface area contributed by atoms with Crippen LogP contribution < -0.4 is 0 Å². The van der Waals surface area contributed by atoms with E-state index >= 15 is 0 Å². The first-order valence-corrected chi connectivity index (χ1v) is 6.71. The van der Waals surface area contributed by atoms with Crippen LogP contribution in [0.5, 0.6) is 5.75 Å². The van der Waals surface area contributed by atoms with E-state index in [1.807, 2.05) is 12.1 Å². The van der Waals surface area contributed by atoms with Crippen LogP contribution in [0.3, 0.4) is 0 Å². The number of rotatable bonds is 3. The molecule has 2 aromatic rings. The molecule has 1 saturated carbocycles. The molecule has 0 amide bonds. The highest BCUT2D eigenvalue weighted by atomic mass is 32.2. The smallest absolute Gasteiger partial charge is 0.174 e. The molecular formula is C11H10N2OS2. The predicted molar refractivity (Wildman–Crippen MR) is 64.1 cm³/mol. The minimum atomic E-state index is 0.289. The van der Waals surface area contributed by atoms with Crippen molar-refractivity contribution in [3.63, 3.8) is 0 Å². The fraction of sp³-hybridized carbons (Fsp3) is 0.273. The van der Waals surface area contributed by atoms with E-state index in [0.717, 1.165) is 15.1 Å². The van der Waals surface area contributed by atoms with Gasteiger partial charge in [-0.15, -0.1) is 0 Å². The molecule has 1 heterocycles. The van der Waals surface area contributed by atoms with Crippen molar-refractivity contribution in [3.05, 3.63) is 30.1 Å². The van der Waals surface area contributed by atoms with Gasteiger partial charge in [0.25, 0.3) is 0 Å². The van der Waals surface area contributed by atoms with Crippen molar-refractivity contribution < 1.29 is 5.11 Å². The van der Waals surface area contributed by atoms with Crippen molar-refractivity contribution in [1.29, 1.82) is 0 Å². The van der Waals surface area contributed by atoms with E-state index in [1.54, 1.807) is 23.9 Å². The maximum absolute atomic E-state index is 9.35. The van der Waals surface area contributed by atoms with Gasteiger partial charge in [0.2, 0.25) is 0 Å². The summed E-state index contributed by atoms with van der Waals surface area (Å²) in [5.74, 6) is 1.89. The average Bonchev–Trinajstić information content (AvgIpc) is 3.01. The summed E-state index contributed by atoms with van der Waals surface area (Å²) in [5.41, 5.74) is 0. The quantitative estimate of drug-likeness (QED) is 0.908. The summed E-state index contributed by atoms with van der Waals surface area (Å²) in [7, 11) is 0. The average molecular weight is 250 g/mol. The van der Waals surface area contributed by atoms with Crippen LogP contribution in [-0.2, 0) is 0 Å². The topological polar surface area (TPSA) is 46.0 Å². The molecule has 0 saturated heterocycles. The molecule has 1 aromatic carbocycles. The Morgan fingerprint density at radius 1 is 1.38 bits per heavy atom. The van der Waals surface area contributed by atoms with Crippen molar-refractivity contribution in [1.82, 2.24) is 9.36 Å². The Kier molecular flexibility index (Phi) is 2.57. The summed E-state index contributed by atoms with van der Waals surface area (Å²) in [6, 6.07) is 7.20. The van der Waals surface area contributed by atoms with Gasteiger partial charge in [0, 0.05) is 10.8 Å². The highest BCUT2D eigenvalue weighted by Crippen LogP contribution is 2.40. The molecule has 82 valence electrons. The molecule has 0 atom stereocenters. The molecule has 1 fully saturated rings. The monoisotopic (exact) mass is 250 g/mol. The summed E-state index contributed by atoms with van der Waals surface area (Å²) >= 11 is 2.99. The first kappa shape index (κ1) is 10.1. The summed E-state index contributed by atoms with van der Waals surface area (Å²) < 4.78 is 5.30. The van der Waals surface area contributed by atoms with E-state index in [-0.39, 0.29) is 5.75 Å². The van der Waals surface area contributed by atoms with Gasteiger partial charge in [0.05, 0.1) is 0 Å². The van der Waals surface area contributed by atoms with Gasteiger partial charge in [-0.2, -0.15) is 4.37 Å². The normalized spacial score (nSPS) is 15.2. The summed E-state index contributed by atoms with van der Waals surface area (Å²) in [4.78, 5) is 5.48. The van der Waals surface area contributed by atoms with Crippen LogP contribution in [0.25, 0.3) is 0 Å². The maximum Gasteiger partial charge on any atom is 0.174 e. The molecule has 3 rings (SSSR count). The van der Waals surface area contributed by atoms with Crippen molar-refractivity contribution in [2.24, 2.45) is 0 Å². The predicted octanol–water partition coefficient (Wildman–Crippen LogP) is 3.27. The number of hydrogen-bond donors (Lipinski definition) is 1. The standard InChI is InChI=1S/C11H10N2OS2/c14-8-2-1-3-9(6-8)15-11-12-10(13-16-11)7-4-5-7/h1-3,6-7,14H,4-5H2. The van der Waals surface area contributed by atoms with Crippen molar-refractivity contribution in [3.8, 4) is 5.75 Å². The molecular weight excluding hydrogens is 240 g/mol. The number of phenols is 1. The van der Waals surface area contributed by atoms with E-state index < -0.39 is 0 Å². The van der Waals surface area contributed by atoms with Crippen LogP contribution in [0.15, 0.2) is 33.5 Å². The molecule has 5 heteroatoms. The number of benzene rings is 1. The number of phenolic OH excluding ortho intramolecular Hbond substituents is 1. The van der Waals surface area contributed by atoms with E-state index in [2.05, 4.69) is 9.36 Å². The lowest BCUT2D eigenvalue weighted by Crippen LogP contribution is -1.80. The molecule has 1 aliphatic carbocycles. The SMILES string of the molecule is Oc1cccc(Sc2nc(C3CC3)ns2)c1. The zero-order chi connectivity index (χ0) is 11.0. The van der Waals surface area contributed by atoms with Crippen LogP contribution in [0.2, 0.25) is 0 Å². The Labute approximate surface area is 102 Å². The molecule has 1 aromatic heterocycles. The van der Waals surface area contributed by atoms with Gasteiger partial charge in [-0.3, -0.25) is 0 Å². The van der Waals surface area contributed by atoms with Crippen LogP contribution in [0.1, 0.15) is 24.6 Å². The molecule has 1 N–H and O–H groups in total. The van der Waals surface area contributed by atoms with Gasteiger partial charge < -0.3 is 5.11 Å². The van der Waals surface area contributed by atoms with E-state index in [9.17, 15) is 5.11 Å². The third kappa shape index (κ3) is 2.20. The number of nitrogens with zero attached hydrogens (tertiary/aromatic N) is 2. The minimum Gasteiger partial charge on any atom is -0.508 e. The lowest BCUT2D eigenvalue weighted by molar-refractivity contribution is 0.474.